The summed E-state index contributed by atoms with van der Waals surface area (Å²) in [6.45, 7) is 4.29. The maximum Gasteiger partial charge on any atom is 0.129 e. The van der Waals surface area contributed by atoms with E-state index in [0.29, 0.717) is 27.2 Å². The van der Waals surface area contributed by atoms with E-state index in [2.05, 4.69) is 18.8 Å². The summed E-state index contributed by atoms with van der Waals surface area (Å²) in [5.41, 5.74) is 1.66. The summed E-state index contributed by atoms with van der Waals surface area (Å²) in [6.07, 6.45) is 0.878. The van der Waals surface area contributed by atoms with Crippen LogP contribution in [0.15, 0.2) is 18.2 Å². The van der Waals surface area contributed by atoms with Gasteiger partial charge in [-0.3, -0.25) is 4.98 Å². The predicted molar refractivity (Wildman–Crippen MR) is 76.9 cm³/mol. The van der Waals surface area contributed by atoms with Gasteiger partial charge < -0.3 is 4.74 Å². The van der Waals surface area contributed by atoms with E-state index in [1.54, 1.807) is 19.2 Å². The van der Waals surface area contributed by atoms with Gasteiger partial charge in [-0.15, -0.1) is 0 Å². The number of nitrogens with zero attached hydrogens (tertiary/aromatic N) is 1. The molecule has 4 heteroatoms. The number of ether oxygens (including phenoxy) is 1. The van der Waals surface area contributed by atoms with Gasteiger partial charge in [0.1, 0.15) is 5.75 Å². The largest absolute Gasteiger partial charge is 0.496 e. The Morgan fingerprint density at radius 2 is 1.94 bits per heavy atom. The van der Waals surface area contributed by atoms with Crippen LogP contribution in [-0.4, -0.2) is 12.1 Å². The van der Waals surface area contributed by atoms with Gasteiger partial charge >= 0.3 is 0 Å². The number of pyridine rings is 1. The molecule has 2 rings (SSSR count). The van der Waals surface area contributed by atoms with Gasteiger partial charge in [-0.2, -0.15) is 0 Å². The molecular formula is C14H15Cl2NO. The number of hydrogen-bond acceptors (Lipinski definition) is 2. The molecule has 18 heavy (non-hydrogen) atoms. The molecule has 1 heterocycles. The zero-order valence-electron chi connectivity index (χ0n) is 10.6. The smallest absolute Gasteiger partial charge is 0.129 e. The first-order valence-electron chi connectivity index (χ1n) is 5.84. The molecule has 2 aromatic rings. The molecule has 0 saturated heterocycles. The molecular weight excluding hydrogens is 269 g/mol. The lowest BCUT2D eigenvalue weighted by atomic mass is 10.1. The van der Waals surface area contributed by atoms with Gasteiger partial charge in [0.2, 0.25) is 0 Å². The van der Waals surface area contributed by atoms with Crippen LogP contribution in [0, 0.1) is 5.92 Å². The molecule has 0 radical (unpaired) electrons. The SMILES string of the molecule is COc1ccc(Cl)c2nc(CC(C)C)cc(Cl)c12. The summed E-state index contributed by atoms with van der Waals surface area (Å²) in [5, 5.41) is 2.01. The minimum absolute atomic E-state index is 0.524. The third kappa shape index (κ3) is 2.55. The van der Waals surface area contributed by atoms with Gasteiger partial charge in [-0.05, 0) is 30.5 Å². The van der Waals surface area contributed by atoms with Crippen LogP contribution in [0.2, 0.25) is 10.0 Å². The van der Waals surface area contributed by atoms with Crippen LogP contribution >= 0.6 is 23.2 Å². The van der Waals surface area contributed by atoms with Crippen LogP contribution in [0.5, 0.6) is 5.75 Å². The van der Waals surface area contributed by atoms with Crippen molar-refractivity contribution < 1.29 is 4.74 Å². The molecule has 2 nitrogen and oxygen atoms in total. The summed E-state index contributed by atoms with van der Waals surface area (Å²) in [6, 6.07) is 5.48. The van der Waals surface area contributed by atoms with Crippen molar-refractivity contribution in [3.05, 3.63) is 33.9 Å². The maximum absolute atomic E-state index is 6.32. The first-order chi connectivity index (χ1) is 8.52. The molecule has 0 fully saturated rings. The topological polar surface area (TPSA) is 22.1 Å². The zero-order valence-corrected chi connectivity index (χ0v) is 12.1. The zero-order chi connectivity index (χ0) is 13.3. The first kappa shape index (κ1) is 13.4. The molecule has 96 valence electrons. The second-order valence-electron chi connectivity index (χ2n) is 4.67. The second-order valence-corrected chi connectivity index (χ2v) is 5.48. The predicted octanol–water partition coefficient (Wildman–Crippen LogP) is 4.75. The molecule has 1 aromatic carbocycles. The van der Waals surface area contributed by atoms with Crippen molar-refractivity contribution in [1.82, 2.24) is 4.98 Å². The van der Waals surface area contributed by atoms with Gasteiger partial charge in [0.15, 0.2) is 0 Å². The second kappa shape index (κ2) is 5.33. The average molecular weight is 284 g/mol. The fourth-order valence-corrected chi connectivity index (χ4v) is 2.48. The Morgan fingerprint density at radius 1 is 1.22 bits per heavy atom. The molecule has 0 aliphatic rings. The summed E-state index contributed by atoms with van der Waals surface area (Å²) in [7, 11) is 1.61. The van der Waals surface area contributed by atoms with E-state index < -0.39 is 0 Å². The van der Waals surface area contributed by atoms with Gasteiger partial charge in [0, 0.05) is 5.69 Å². The number of hydrogen-bond donors (Lipinski definition) is 0. The van der Waals surface area contributed by atoms with Crippen LogP contribution in [-0.2, 0) is 6.42 Å². The van der Waals surface area contributed by atoms with Gasteiger partial charge in [0.05, 0.1) is 28.1 Å². The molecule has 0 atom stereocenters. The third-order valence-electron chi connectivity index (χ3n) is 2.72. The number of fused-ring (bicyclic) bond motifs is 1. The molecule has 0 spiro atoms. The van der Waals surface area contributed by atoms with E-state index in [1.807, 2.05) is 6.07 Å². The monoisotopic (exact) mass is 283 g/mol. The Balaban J connectivity index is 2.68. The number of methoxy groups -OCH3 is 1. The molecule has 0 saturated carbocycles. The Morgan fingerprint density at radius 3 is 2.56 bits per heavy atom. The number of rotatable bonds is 3. The fraction of sp³-hybridized carbons (Fsp3) is 0.357. The van der Waals surface area contributed by atoms with E-state index in [0.717, 1.165) is 17.5 Å². The summed E-state index contributed by atoms with van der Waals surface area (Å²) in [5.74, 6) is 1.22. The highest BCUT2D eigenvalue weighted by atomic mass is 35.5. The van der Waals surface area contributed by atoms with Crippen LogP contribution in [0.4, 0.5) is 0 Å². The Kier molecular flexibility index (Phi) is 3.98. The molecule has 0 aliphatic heterocycles. The number of halogens is 2. The highest BCUT2D eigenvalue weighted by molar-refractivity contribution is 6.39. The summed E-state index contributed by atoms with van der Waals surface area (Å²) in [4.78, 5) is 4.59. The van der Waals surface area contributed by atoms with E-state index in [1.165, 1.54) is 0 Å². The number of aromatic nitrogens is 1. The van der Waals surface area contributed by atoms with E-state index in [4.69, 9.17) is 27.9 Å². The normalized spacial score (nSPS) is 11.2. The van der Waals surface area contributed by atoms with Crippen molar-refractivity contribution in [3.63, 3.8) is 0 Å². The van der Waals surface area contributed by atoms with Gasteiger partial charge in [-0.1, -0.05) is 37.0 Å². The minimum Gasteiger partial charge on any atom is -0.496 e. The molecule has 0 amide bonds. The van der Waals surface area contributed by atoms with E-state index >= 15 is 0 Å². The molecule has 0 bridgehead atoms. The average Bonchev–Trinajstić information content (AvgIpc) is 2.29. The third-order valence-corrected chi connectivity index (χ3v) is 3.32. The van der Waals surface area contributed by atoms with Crippen molar-refractivity contribution in [3.8, 4) is 5.75 Å². The van der Waals surface area contributed by atoms with Crippen molar-refractivity contribution in [2.45, 2.75) is 20.3 Å². The standard InChI is InChI=1S/C14H15Cl2NO/c1-8(2)6-9-7-11(16)13-12(18-3)5-4-10(15)14(13)17-9/h4-5,7-8H,6H2,1-3H3. The lowest BCUT2D eigenvalue weighted by molar-refractivity contribution is 0.420. The number of benzene rings is 1. The van der Waals surface area contributed by atoms with Crippen LogP contribution in [0.3, 0.4) is 0 Å². The highest BCUT2D eigenvalue weighted by Crippen LogP contribution is 2.35. The Bertz CT molecular complexity index is 582. The molecule has 0 aliphatic carbocycles. The van der Waals surface area contributed by atoms with Crippen molar-refractivity contribution >= 4 is 34.1 Å². The molecule has 0 N–H and O–H groups in total. The fourth-order valence-electron chi connectivity index (χ4n) is 1.97. The van der Waals surface area contributed by atoms with Gasteiger partial charge in [0.25, 0.3) is 0 Å². The summed E-state index contributed by atoms with van der Waals surface area (Å²) >= 11 is 12.5. The summed E-state index contributed by atoms with van der Waals surface area (Å²) < 4.78 is 5.30. The lowest BCUT2D eigenvalue weighted by Gasteiger charge is -2.11. The minimum atomic E-state index is 0.524. The first-order valence-corrected chi connectivity index (χ1v) is 6.60. The highest BCUT2D eigenvalue weighted by Gasteiger charge is 2.13. The quantitative estimate of drug-likeness (QED) is 0.811. The van der Waals surface area contributed by atoms with Crippen molar-refractivity contribution in [1.29, 1.82) is 0 Å². The van der Waals surface area contributed by atoms with Crippen molar-refractivity contribution in [2.24, 2.45) is 5.92 Å². The van der Waals surface area contributed by atoms with E-state index in [9.17, 15) is 0 Å². The van der Waals surface area contributed by atoms with Crippen LogP contribution in [0.1, 0.15) is 19.5 Å². The van der Waals surface area contributed by atoms with Crippen molar-refractivity contribution in [2.75, 3.05) is 7.11 Å². The maximum atomic E-state index is 6.32. The van der Waals surface area contributed by atoms with Crippen LogP contribution in [0.25, 0.3) is 10.9 Å². The van der Waals surface area contributed by atoms with Crippen LogP contribution < -0.4 is 4.74 Å². The van der Waals surface area contributed by atoms with E-state index in [-0.39, 0.29) is 0 Å². The van der Waals surface area contributed by atoms with Gasteiger partial charge in [-0.25, -0.2) is 0 Å². The molecule has 0 unspecified atom stereocenters. The lowest BCUT2D eigenvalue weighted by Crippen LogP contribution is -1.99. The Hall–Kier alpha value is -0.990. The Labute approximate surface area is 117 Å². The molecule has 1 aromatic heterocycles.